The van der Waals surface area contributed by atoms with Gasteiger partial charge in [0.25, 0.3) is 0 Å². The molecule has 198 valence electrons. The van der Waals surface area contributed by atoms with E-state index in [4.69, 9.17) is 4.74 Å². The zero-order valence-electron chi connectivity index (χ0n) is 20.8. The second-order valence-corrected chi connectivity index (χ2v) is 8.54. The molecule has 0 aliphatic rings. The predicted molar refractivity (Wildman–Crippen MR) is 127 cm³/mol. The van der Waals surface area contributed by atoms with Gasteiger partial charge in [-0.25, -0.2) is 4.79 Å². The minimum absolute atomic E-state index is 0.127. The summed E-state index contributed by atoms with van der Waals surface area (Å²) in [6.45, 7) is 4.61. The first-order chi connectivity index (χ1) is 16.9. The quantitative estimate of drug-likeness (QED) is 0.178. The molecule has 0 aliphatic heterocycles. The first kappa shape index (κ1) is 29.9. The molecule has 0 spiro atoms. The van der Waals surface area contributed by atoms with Crippen LogP contribution in [-0.2, 0) is 39.9 Å². The first-order valence-corrected chi connectivity index (χ1v) is 11.1. The minimum Gasteiger partial charge on any atom is -0.445 e. The molecule has 1 aromatic carbocycles. The van der Waals surface area contributed by atoms with Gasteiger partial charge >= 0.3 is 12.1 Å². The highest BCUT2D eigenvalue weighted by molar-refractivity contribution is 5.92. The second-order valence-electron chi connectivity index (χ2n) is 8.54. The fourth-order valence-corrected chi connectivity index (χ4v) is 2.58. The molecule has 1 aromatic rings. The standard InChI is InChI=1S/C23H33N5O8/c1-15(29)35-14-27-19(31)11-25-21(33)17(10-16-8-6-5-7-9-16)28-20(32)13-24-18(30)12-26-22(34)36-23(2,3)4/h5-9,17H,10-14H2,1-4H3,(H,24,30)(H,25,33)(H,26,34)(H,27,31)(H,28,32)/t17-/m0/s1. The number of carbonyl (C=O) groups excluding carboxylic acids is 6. The molecule has 1 atom stereocenters. The van der Waals surface area contributed by atoms with Crippen LogP contribution in [0.25, 0.3) is 0 Å². The van der Waals surface area contributed by atoms with Crippen LogP contribution in [0.3, 0.4) is 0 Å². The van der Waals surface area contributed by atoms with Crippen molar-refractivity contribution in [1.82, 2.24) is 26.6 Å². The molecule has 1 rings (SSSR count). The predicted octanol–water partition coefficient (Wildman–Crippen LogP) is -0.892. The SMILES string of the molecule is CC(=O)OCNC(=O)CNC(=O)[C@H](Cc1ccccc1)NC(=O)CNC(=O)CNC(=O)OC(C)(C)C. The molecule has 36 heavy (non-hydrogen) atoms. The Kier molecular flexibility index (Phi) is 12.4. The van der Waals surface area contributed by atoms with Crippen LogP contribution in [0.2, 0.25) is 0 Å². The van der Waals surface area contributed by atoms with Crippen molar-refractivity contribution in [2.24, 2.45) is 0 Å². The van der Waals surface area contributed by atoms with Gasteiger partial charge in [-0.3, -0.25) is 24.0 Å². The van der Waals surface area contributed by atoms with Crippen LogP contribution < -0.4 is 26.6 Å². The molecule has 5 amide bonds. The van der Waals surface area contributed by atoms with Gasteiger partial charge < -0.3 is 36.1 Å². The van der Waals surface area contributed by atoms with E-state index < -0.39 is 67.0 Å². The highest BCUT2D eigenvalue weighted by Crippen LogP contribution is 2.06. The third kappa shape index (κ3) is 14.2. The molecule has 0 aliphatic carbocycles. The van der Waals surface area contributed by atoms with Crippen molar-refractivity contribution in [3.63, 3.8) is 0 Å². The van der Waals surface area contributed by atoms with Gasteiger partial charge in [-0.05, 0) is 26.3 Å². The Labute approximate surface area is 209 Å². The van der Waals surface area contributed by atoms with E-state index in [1.165, 1.54) is 6.92 Å². The Morgan fingerprint density at radius 1 is 0.806 bits per heavy atom. The van der Waals surface area contributed by atoms with Crippen LogP contribution in [0.1, 0.15) is 33.3 Å². The molecule has 0 fully saturated rings. The molecule has 0 heterocycles. The zero-order valence-corrected chi connectivity index (χ0v) is 20.8. The van der Waals surface area contributed by atoms with Gasteiger partial charge in [0.15, 0.2) is 6.73 Å². The van der Waals surface area contributed by atoms with Crippen LogP contribution >= 0.6 is 0 Å². The molecule has 0 bridgehead atoms. The van der Waals surface area contributed by atoms with Crippen LogP contribution in [-0.4, -0.2) is 73.7 Å². The number of carbonyl (C=O) groups is 6. The molecular weight excluding hydrogens is 474 g/mol. The molecule has 0 saturated heterocycles. The number of hydrogen-bond donors (Lipinski definition) is 5. The van der Waals surface area contributed by atoms with Gasteiger partial charge in [-0.15, -0.1) is 0 Å². The van der Waals surface area contributed by atoms with E-state index >= 15 is 0 Å². The van der Waals surface area contributed by atoms with Gasteiger partial charge in [0.2, 0.25) is 23.6 Å². The topological polar surface area (TPSA) is 181 Å². The number of nitrogens with one attached hydrogen (secondary N) is 5. The fraction of sp³-hybridized carbons (Fsp3) is 0.478. The second kappa shape index (κ2) is 15.0. The Balaban J connectivity index is 2.59. The highest BCUT2D eigenvalue weighted by Gasteiger charge is 2.22. The number of benzene rings is 1. The van der Waals surface area contributed by atoms with E-state index in [0.29, 0.717) is 0 Å². The maximum absolute atomic E-state index is 12.7. The van der Waals surface area contributed by atoms with E-state index in [1.807, 2.05) is 0 Å². The summed E-state index contributed by atoms with van der Waals surface area (Å²) in [5, 5.41) is 11.8. The Bertz CT molecular complexity index is 930. The summed E-state index contributed by atoms with van der Waals surface area (Å²) in [4.78, 5) is 71.1. The summed E-state index contributed by atoms with van der Waals surface area (Å²) < 4.78 is 9.61. The van der Waals surface area contributed by atoms with Crippen molar-refractivity contribution in [3.05, 3.63) is 35.9 Å². The lowest BCUT2D eigenvalue weighted by molar-refractivity contribution is -0.143. The molecular formula is C23H33N5O8. The lowest BCUT2D eigenvalue weighted by Crippen LogP contribution is -2.52. The van der Waals surface area contributed by atoms with Crippen LogP contribution in [0, 0.1) is 0 Å². The average molecular weight is 508 g/mol. The lowest BCUT2D eigenvalue weighted by Gasteiger charge is -2.20. The van der Waals surface area contributed by atoms with Crippen molar-refractivity contribution in [3.8, 4) is 0 Å². The van der Waals surface area contributed by atoms with Crippen LogP contribution in [0.15, 0.2) is 30.3 Å². The van der Waals surface area contributed by atoms with Crippen molar-refractivity contribution >= 4 is 35.7 Å². The number of esters is 1. The van der Waals surface area contributed by atoms with E-state index in [2.05, 4.69) is 31.3 Å². The van der Waals surface area contributed by atoms with E-state index in [1.54, 1.807) is 51.1 Å². The van der Waals surface area contributed by atoms with Crippen molar-refractivity contribution < 1.29 is 38.2 Å². The van der Waals surface area contributed by atoms with Gasteiger partial charge in [0.05, 0.1) is 13.1 Å². The first-order valence-electron chi connectivity index (χ1n) is 11.1. The zero-order chi connectivity index (χ0) is 27.1. The maximum Gasteiger partial charge on any atom is 0.408 e. The molecule has 13 nitrogen and oxygen atoms in total. The molecule has 0 saturated carbocycles. The third-order valence-corrected chi connectivity index (χ3v) is 4.14. The van der Waals surface area contributed by atoms with Crippen molar-refractivity contribution in [2.45, 2.75) is 45.8 Å². The van der Waals surface area contributed by atoms with E-state index in [0.717, 1.165) is 5.56 Å². The van der Waals surface area contributed by atoms with Crippen molar-refractivity contribution in [1.29, 1.82) is 0 Å². The summed E-state index contributed by atoms with van der Waals surface area (Å²) in [5.41, 5.74) is 0.0282. The fourth-order valence-electron chi connectivity index (χ4n) is 2.58. The molecule has 0 unspecified atom stereocenters. The Morgan fingerprint density at radius 2 is 1.39 bits per heavy atom. The summed E-state index contributed by atoms with van der Waals surface area (Å²) >= 11 is 0. The highest BCUT2D eigenvalue weighted by atomic mass is 16.6. The maximum atomic E-state index is 12.7. The minimum atomic E-state index is -1.04. The lowest BCUT2D eigenvalue weighted by atomic mass is 10.1. The Hall–Kier alpha value is -4.16. The number of alkyl carbamates (subject to hydrolysis) is 1. The van der Waals surface area contributed by atoms with E-state index in [-0.39, 0.29) is 13.2 Å². The van der Waals surface area contributed by atoms with Gasteiger partial charge in [0, 0.05) is 13.3 Å². The molecule has 5 N–H and O–H groups in total. The summed E-state index contributed by atoms with van der Waals surface area (Å²) in [5.74, 6) is -3.09. The Morgan fingerprint density at radius 3 is 2.00 bits per heavy atom. The van der Waals surface area contributed by atoms with Gasteiger partial charge in [0.1, 0.15) is 18.2 Å². The largest absolute Gasteiger partial charge is 0.445 e. The van der Waals surface area contributed by atoms with Crippen LogP contribution in [0.5, 0.6) is 0 Å². The molecule has 13 heteroatoms. The molecule has 0 radical (unpaired) electrons. The molecule has 0 aromatic heterocycles. The van der Waals surface area contributed by atoms with Crippen molar-refractivity contribution in [2.75, 3.05) is 26.4 Å². The number of amides is 5. The number of rotatable bonds is 12. The van der Waals surface area contributed by atoms with E-state index in [9.17, 15) is 28.8 Å². The number of hydrogen-bond acceptors (Lipinski definition) is 8. The van der Waals surface area contributed by atoms with Gasteiger partial charge in [-0.2, -0.15) is 0 Å². The number of ether oxygens (including phenoxy) is 2. The van der Waals surface area contributed by atoms with Crippen LogP contribution in [0.4, 0.5) is 4.79 Å². The van der Waals surface area contributed by atoms with Gasteiger partial charge in [-0.1, -0.05) is 30.3 Å². The summed E-state index contributed by atoms with van der Waals surface area (Å²) in [6, 6.07) is 7.83. The summed E-state index contributed by atoms with van der Waals surface area (Å²) in [6.07, 6.45) is -0.652. The normalized spacial score (nSPS) is 11.3. The average Bonchev–Trinajstić information content (AvgIpc) is 2.78. The smallest absolute Gasteiger partial charge is 0.408 e. The summed E-state index contributed by atoms with van der Waals surface area (Å²) in [7, 11) is 0. The third-order valence-electron chi connectivity index (χ3n) is 4.14. The monoisotopic (exact) mass is 507 g/mol.